The molecule has 0 bridgehead atoms. The first-order valence-electron chi connectivity index (χ1n) is 8.45. The van der Waals surface area contributed by atoms with Crippen LogP contribution in [0.25, 0.3) is 10.8 Å². The van der Waals surface area contributed by atoms with Gasteiger partial charge in [0.1, 0.15) is 4.90 Å². The molecule has 0 fully saturated rings. The molecule has 0 aliphatic heterocycles. The lowest BCUT2D eigenvalue weighted by Gasteiger charge is -2.07. The number of anilines is 1. The lowest BCUT2D eigenvalue weighted by molar-refractivity contribution is 0.600. The third kappa shape index (κ3) is 3.43. The Bertz CT molecular complexity index is 1220. The monoisotopic (exact) mass is 381 g/mol. The Morgan fingerprint density at radius 3 is 2.59 bits per heavy atom. The van der Waals surface area contributed by atoms with E-state index >= 15 is 0 Å². The van der Waals surface area contributed by atoms with Crippen molar-refractivity contribution < 1.29 is 8.42 Å². The second-order valence-electron chi connectivity index (χ2n) is 6.39. The summed E-state index contributed by atoms with van der Waals surface area (Å²) in [5.74, 6) is 0.276. The Morgan fingerprint density at radius 1 is 1.04 bits per heavy atom. The molecular weight excluding hydrogens is 362 g/mol. The van der Waals surface area contributed by atoms with Crippen molar-refractivity contribution in [2.24, 2.45) is 7.05 Å². The predicted molar refractivity (Wildman–Crippen MR) is 104 cm³/mol. The van der Waals surface area contributed by atoms with Crippen molar-refractivity contribution in [3.8, 4) is 0 Å². The van der Waals surface area contributed by atoms with Crippen LogP contribution in [0, 0.1) is 6.92 Å². The van der Waals surface area contributed by atoms with E-state index in [2.05, 4.69) is 33.1 Å². The zero-order chi connectivity index (χ0) is 19.0. The third-order valence-corrected chi connectivity index (χ3v) is 5.81. The molecule has 2 aromatic heterocycles. The molecular formula is C19H19N5O2S. The van der Waals surface area contributed by atoms with Crippen LogP contribution in [0.5, 0.6) is 0 Å². The van der Waals surface area contributed by atoms with E-state index in [9.17, 15) is 8.42 Å². The molecule has 4 aromatic rings. The van der Waals surface area contributed by atoms with E-state index in [1.807, 2.05) is 24.3 Å². The van der Waals surface area contributed by atoms with Crippen LogP contribution in [0.15, 0.2) is 65.8 Å². The van der Waals surface area contributed by atoms with Gasteiger partial charge in [-0.2, -0.15) is 10.2 Å². The first kappa shape index (κ1) is 17.3. The van der Waals surface area contributed by atoms with Gasteiger partial charge in [0, 0.05) is 25.5 Å². The Morgan fingerprint density at radius 2 is 1.81 bits per heavy atom. The van der Waals surface area contributed by atoms with Crippen LogP contribution in [0.1, 0.15) is 11.3 Å². The number of rotatable bonds is 5. The van der Waals surface area contributed by atoms with Gasteiger partial charge in [-0.15, -0.1) is 0 Å². The van der Waals surface area contributed by atoms with Gasteiger partial charge in [0.25, 0.3) is 10.0 Å². The highest BCUT2D eigenvalue weighted by Gasteiger charge is 2.20. The van der Waals surface area contributed by atoms with Gasteiger partial charge in [-0.1, -0.05) is 42.5 Å². The molecule has 0 unspecified atom stereocenters. The van der Waals surface area contributed by atoms with Crippen LogP contribution in [-0.4, -0.2) is 28.0 Å². The highest BCUT2D eigenvalue weighted by molar-refractivity contribution is 7.92. The maximum atomic E-state index is 12.6. The first-order valence-corrected chi connectivity index (χ1v) is 9.94. The molecule has 0 amide bonds. The van der Waals surface area contributed by atoms with E-state index in [-0.39, 0.29) is 10.7 Å². The molecule has 0 saturated heterocycles. The van der Waals surface area contributed by atoms with Crippen molar-refractivity contribution >= 4 is 26.6 Å². The maximum absolute atomic E-state index is 12.6. The molecule has 7 nitrogen and oxygen atoms in total. The molecule has 1 N–H and O–H groups in total. The van der Waals surface area contributed by atoms with E-state index in [1.54, 1.807) is 30.9 Å². The second kappa shape index (κ2) is 6.55. The molecule has 0 spiro atoms. The normalized spacial score (nSPS) is 11.8. The van der Waals surface area contributed by atoms with Gasteiger partial charge < -0.3 is 0 Å². The molecule has 138 valence electrons. The number of fused-ring (bicyclic) bond motifs is 1. The first-order chi connectivity index (χ1) is 12.9. The van der Waals surface area contributed by atoms with Gasteiger partial charge in [0.15, 0.2) is 5.82 Å². The topological polar surface area (TPSA) is 81.8 Å². The van der Waals surface area contributed by atoms with Gasteiger partial charge in [-0.3, -0.25) is 14.1 Å². The summed E-state index contributed by atoms with van der Waals surface area (Å²) < 4.78 is 30.8. The third-order valence-electron chi connectivity index (χ3n) is 4.35. The minimum Gasteiger partial charge on any atom is -0.274 e. The Balaban J connectivity index is 1.58. The molecule has 0 aliphatic carbocycles. The number of hydrogen-bond acceptors (Lipinski definition) is 4. The van der Waals surface area contributed by atoms with Crippen molar-refractivity contribution in [3.63, 3.8) is 0 Å². The number of aromatic nitrogens is 4. The molecule has 0 saturated carbocycles. The fraction of sp³-hybridized carbons (Fsp3) is 0.158. The summed E-state index contributed by atoms with van der Waals surface area (Å²) in [6, 6.07) is 15.9. The van der Waals surface area contributed by atoms with E-state index < -0.39 is 10.0 Å². The van der Waals surface area contributed by atoms with Crippen molar-refractivity contribution in [3.05, 3.63) is 72.2 Å². The van der Waals surface area contributed by atoms with Crippen molar-refractivity contribution in [2.75, 3.05) is 4.72 Å². The van der Waals surface area contributed by atoms with Crippen LogP contribution in [0.4, 0.5) is 5.82 Å². The standard InChI is InChI=1S/C19H19N5O2S/c1-14-18(13-23(2)20-14)27(25,26)22-19-10-11-24(21-19)12-16-8-5-7-15-6-3-4-9-17(15)16/h3-11,13H,12H2,1-2H3,(H,21,22). The van der Waals surface area contributed by atoms with Gasteiger partial charge in [0.2, 0.25) is 0 Å². The zero-order valence-electron chi connectivity index (χ0n) is 15.0. The van der Waals surface area contributed by atoms with Crippen molar-refractivity contribution in [2.45, 2.75) is 18.4 Å². The summed E-state index contributed by atoms with van der Waals surface area (Å²) in [6.07, 6.45) is 3.24. The largest absolute Gasteiger partial charge is 0.274 e. The molecule has 0 atom stereocenters. The Labute approximate surface area is 157 Å². The quantitative estimate of drug-likeness (QED) is 0.576. The molecule has 0 radical (unpaired) electrons. The zero-order valence-corrected chi connectivity index (χ0v) is 15.8. The minimum absolute atomic E-state index is 0.147. The molecule has 27 heavy (non-hydrogen) atoms. The van der Waals surface area contributed by atoms with Crippen molar-refractivity contribution in [1.29, 1.82) is 0 Å². The molecule has 4 rings (SSSR count). The number of hydrogen-bond donors (Lipinski definition) is 1. The Kier molecular flexibility index (Phi) is 4.19. The summed E-state index contributed by atoms with van der Waals surface area (Å²) in [7, 11) is -2.04. The number of sulfonamides is 1. The summed E-state index contributed by atoms with van der Waals surface area (Å²) >= 11 is 0. The molecule has 0 aliphatic rings. The predicted octanol–water partition coefficient (Wildman–Crippen LogP) is 2.93. The van der Waals surface area contributed by atoms with Crippen molar-refractivity contribution in [1.82, 2.24) is 19.6 Å². The smallest absolute Gasteiger partial charge is 0.266 e. The lowest BCUT2D eigenvalue weighted by atomic mass is 10.0. The van der Waals surface area contributed by atoms with Crippen LogP contribution < -0.4 is 4.72 Å². The van der Waals surface area contributed by atoms with E-state index in [4.69, 9.17) is 0 Å². The lowest BCUT2D eigenvalue weighted by Crippen LogP contribution is -2.14. The molecule has 2 aromatic carbocycles. The van der Waals surface area contributed by atoms with Gasteiger partial charge >= 0.3 is 0 Å². The highest BCUT2D eigenvalue weighted by Crippen LogP contribution is 2.20. The van der Waals surface area contributed by atoms with Gasteiger partial charge in [-0.25, -0.2) is 8.42 Å². The van der Waals surface area contributed by atoms with Gasteiger partial charge in [0.05, 0.1) is 12.2 Å². The van der Waals surface area contributed by atoms with E-state index in [1.165, 1.54) is 10.9 Å². The molecule has 2 heterocycles. The fourth-order valence-electron chi connectivity index (χ4n) is 3.14. The summed E-state index contributed by atoms with van der Waals surface area (Å²) in [4.78, 5) is 0.147. The number of nitrogens with one attached hydrogen (secondary N) is 1. The maximum Gasteiger partial charge on any atom is 0.266 e. The van der Waals surface area contributed by atoms with Crippen LogP contribution in [-0.2, 0) is 23.6 Å². The fourth-order valence-corrected chi connectivity index (χ4v) is 4.36. The van der Waals surface area contributed by atoms with Crippen LogP contribution in [0.2, 0.25) is 0 Å². The second-order valence-corrected chi connectivity index (χ2v) is 8.05. The summed E-state index contributed by atoms with van der Waals surface area (Å²) in [5.41, 5.74) is 1.56. The van der Waals surface area contributed by atoms with Crippen LogP contribution >= 0.6 is 0 Å². The SMILES string of the molecule is Cc1nn(C)cc1S(=O)(=O)Nc1ccn(Cc2cccc3ccccc23)n1. The Hall–Kier alpha value is -3.13. The van der Waals surface area contributed by atoms with E-state index in [0.29, 0.717) is 12.2 Å². The minimum atomic E-state index is -3.73. The van der Waals surface area contributed by atoms with Gasteiger partial charge in [-0.05, 0) is 23.3 Å². The number of benzene rings is 2. The molecule has 8 heteroatoms. The average molecular weight is 381 g/mol. The average Bonchev–Trinajstić information content (AvgIpc) is 3.20. The number of nitrogens with zero attached hydrogens (tertiary/aromatic N) is 4. The summed E-state index contributed by atoms with van der Waals surface area (Å²) in [6.45, 7) is 2.21. The highest BCUT2D eigenvalue weighted by atomic mass is 32.2. The van der Waals surface area contributed by atoms with Crippen LogP contribution in [0.3, 0.4) is 0 Å². The summed E-state index contributed by atoms with van der Waals surface area (Å²) in [5, 5.41) is 10.8. The van der Waals surface area contributed by atoms with E-state index in [0.717, 1.165) is 16.3 Å². The number of aryl methyl sites for hydroxylation is 2.